The average Bonchev–Trinajstić information content (AvgIpc) is 2.47. The number of halogens is 2. The standard InChI is InChI=1S/C16H26Cl2N2O/c1-4-9-21-16-14(17)10-13(11-15(16)18)12-19-7-8-20(5-2)6-3/h10-11,19H,4-9,12H2,1-3H3. The van der Waals surface area contributed by atoms with Gasteiger partial charge in [-0.2, -0.15) is 0 Å². The van der Waals surface area contributed by atoms with E-state index in [1.54, 1.807) is 0 Å². The molecule has 0 aliphatic heterocycles. The van der Waals surface area contributed by atoms with Gasteiger partial charge in [0.2, 0.25) is 0 Å². The fourth-order valence-corrected chi connectivity index (χ4v) is 2.71. The summed E-state index contributed by atoms with van der Waals surface area (Å²) in [5, 5.41) is 4.58. The molecule has 21 heavy (non-hydrogen) atoms. The minimum Gasteiger partial charge on any atom is -0.490 e. The normalized spacial score (nSPS) is 11.1. The lowest BCUT2D eigenvalue weighted by molar-refractivity contribution is 0.302. The van der Waals surface area contributed by atoms with Crippen LogP contribution in [0.3, 0.4) is 0 Å². The van der Waals surface area contributed by atoms with Crippen molar-refractivity contribution < 1.29 is 4.74 Å². The first-order valence-electron chi connectivity index (χ1n) is 7.66. The third kappa shape index (κ3) is 6.43. The maximum absolute atomic E-state index is 6.23. The number of benzene rings is 1. The number of likely N-dealkylation sites (N-methyl/N-ethyl adjacent to an activating group) is 1. The van der Waals surface area contributed by atoms with E-state index in [0.717, 1.165) is 44.7 Å². The topological polar surface area (TPSA) is 24.5 Å². The van der Waals surface area contributed by atoms with Gasteiger partial charge in [-0.05, 0) is 37.2 Å². The Morgan fingerprint density at radius 1 is 1.10 bits per heavy atom. The molecule has 0 fully saturated rings. The Kier molecular flexibility index (Phi) is 9.09. The molecule has 0 aliphatic carbocycles. The molecule has 0 atom stereocenters. The smallest absolute Gasteiger partial charge is 0.156 e. The van der Waals surface area contributed by atoms with Gasteiger partial charge in [0.25, 0.3) is 0 Å². The minimum atomic E-state index is 0.580. The van der Waals surface area contributed by atoms with E-state index in [-0.39, 0.29) is 0 Å². The van der Waals surface area contributed by atoms with E-state index in [1.165, 1.54) is 0 Å². The van der Waals surface area contributed by atoms with E-state index < -0.39 is 0 Å². The van der Waals surface area contributed by atoms with Crippen LogP contribution in [0.15, 0.2) is 12.1 Å². The van der Waals surface area contributed by atoms with Crippen LogP contribution >= 0.6 is 23.2 Å². The van der Waals surface area contributed by atoms with Crippen LogP contribution in [0.25, 0.3) is 0 Å². The molecule has 0 unspecified atom stereocenters. The maximum atomic E-state index is 6.23. The summed E-state index contributed by atoms with van der Waals surface area (Å²) in [4.78, 5) is 2.38. The third-order valence-electron chi connectivity index (χ3n) is 3.34. The molecule has 0 spiro atoms. The highest BCUT2D eigenvalue weighted by Crippen LogP contribution is 2.34. The largest absolute Gasteiger partial charge is 0.490 e. The van der Waals surface area contributed by atoms with Gasteiger partial charge in [0.15, 0.2) is 5.75 Å². The molecule has 0 saturated heterocycles. The van der Waals surface area contributed by atoms with Crippen LogP contribution in [0.5, 0.6) is 5.75 Å². The average molecular weight is 333 g/mol. The van der Waals surface area contributed by atoms with Crippen molar-refractivity contribution in [1.82, 2.24) is 10.2 Å². The van der Waals surface area contributed by atoms with Crippen LogP contribution in [0.2, 0.25) is 10.0 Å². The molecule has 0 heterocycles. The highest BCUT2D eigenvalue weighted by Gasteiger charge is 2.09. The van der Waals surface area contributed by atoms with Crippen molar-refractivity contribution in [1.29, 1.82) is 0 Å². The maximum Gasteiger partial charge on any atom is 0.156 e. The summed E-state index contributed by atoms with van der Waals surface area (Å²) in [7, 11) is 0. The summed E-state index contributed by atoms with van der Waals surface area (Å²) >= 11 is 12.5. The predicted molar refractivity (Wildman–Crippen MR) is 91.7 cm³/mol. The lowest BCUT2D eigenvalue weighted by Gasteiger charge is -2.18. The molecule has 1 N–H and O–H groups in total. The molecule has 0 aromatic heterocycles. The molecule has 5 heteroatoms. The van der Waals surface area contributed by atoms with Crippen molar-refractivity contribution in [3.63, 3.8) is 0 Å². The molecule has 1 aromatic rings. The molecule has 120 valence electrons. The Labute approximate surface area is 138 Å². The molecule has 0 saturated carbocycles. The molecule has 0 radical (unpaired) electrons. The van der Waals surface area contributed by atoms with Crippen molar-refractivity contribution in [3.8, 4) is 5.75 Å². The van der Waals surface area contributed by atoms with E-state index >= 15 is 0 Å². The first-order valence-corrected chi connectivity index (χ1v) is 8.41. The minimum absolute atomic E-state index is 0.580. The first-order chi connectivity index (χ1) is 10.1. The summed E-state index contributed by atoms with van der Waals surface area (Å²) in [6.45, 7) is 12.0. The number of hydrogen-bond acceptors (Lipinski definition) is 3. The van der Waals surface area contributed by atoms with Crippen LogP contribution < -0.4 is 10.1 Å². The molecule has 1 rings (SSSR count). The van der Waals surface area contributed by atoms with Gasteiger partial charge in [-0.1, -0.05) is 44.0 Å². The Morgan fingerprint density at radius 2 is 1.71 bits per heavy atom. The zero-order chi connectivity index (χ0) is 15.7. The molecule has 0 bridgehead atoms. The lowest BCUT2D eigenvalue weighted by Crippen LogP contribution is -2.31. The summed E-state index contributed by atoms with van der Waals surface area (Å²) in [5.41, 5.74) is 1.08. The summed E-state index contributed by atoms with van der Waals surface area (Å²) in [6, 6.07) is 3.84. The number of hydrogen-bond donors (Lipinski definition) is 1. The third-order valence-corrected chi connectivity index (χ3v) is 3.90. The molecular weight excluding hydrogens is 307 g/mol. The van der Waals surface area contributed by atoms with Gasteiger partial charge in [-0.15, -0.1) is 0 Å². The van der Waals surface area contributed by atoms with Crippen molar-refractivity contribution in [2.24, 2.45) is 0 Å². The van der Waals surface area contributed by atoms with E-state index in [0.29, 0.717) is 22.4 Å². The number of nitrogens with zero attached hydrogens (tertiary/aromatic N) is 1. The Hall–Kier alpha value is -0.480. The van der Waals surface area contributed by atoms with Crippen LogP contribution in [-0.2, 0) is 6.54 Å². The summed E-state index contributed by atoms with van der Waals surface area (Å²) < 4.78 is 5.57. The van der Waals surface area contributed by atoms with Gasteiger partial charge >= 0.3 is 0 Å². The predicted octanol–water partition coefficient (Wildman–Crippen LogP) is 4.21. The number of rotatable bonds is 10. The highest BCUT2D eigenvalue weighted by atomic mass is 35.5. The summed E-state index contributed by atoms with van der Waals surface area (Å²) in [5.74, 6) is 0.590. The Bertz CT molecular complexity index is 400. The molecule has 1 aromatic carbocycles. The first kappa shape index (κ1) is 18.6. The van der Waals surface area contributed by atoms with E-state index in [9.17, 15) is 0 Å². The van der Waals surface area contributed by atoms with Crippen LogP contribution in [-0.4, -0.2) is 37.7 Å². The molecular formula is C16H26Cl2N2O. The van der Waals surface area contributed by atoms with E-state index in [4.69, 9.17) is 27.9 Å². The second-order valence-corrected chi connectivity index (χ2v) is 5.76. The Balaban J connectivity index is 2.49. The van der Waals surface area contributed by atoms with Crippen LogP contribution in [0.4, 0.5) is 0 Å². The van der Waals surface area contributed by atoms with E-state index in [2.05, 4.69) is 31.0 Å². The Morgan fingerprint density at radius 3 is 2.24 bits per heavy atom. The van der Waals surface area contributed by atoms with Gasteiger partial charge in [-0.25, -0.2) is 0 Å². The van der Waals surface area contributed by atoms with Crippen molar-refractivity contribution in [2.75, 3.05) is 32.8 Å². The fraction of sp³-hybridized carbons (Fsp3) is 0.625. The van der Waals surface area contributed by atoms with Gasteiger partial charge in [0.05, 0.1) is 16.7 Å². The van der Waals surface area contributed by atoms with Gasteiger partial charge < -0.3 is 15.0 Å². The van der Waals surface area contributed by atoms with E-state index in [1.807, 2.05) is 12.1 Å². The van der Waals surface area contributed by atoms with Crippen LogP contribution in [0, 0.1) is 0 Å². The SMILES string of the molecule is CCCOc1c(Cl)cc(CNCCN(CC)CC)cc1Cl. The zero-order valence-corrected chi connectivity index (χ0v) is 14.7. The van der Waals surface area contributed by atoms with Crippen LogP contribution in [0.1, 0.15) is 32.8 Å². The van der Waals surface area contributed by atoms with Crippen molar-refractivity contribution >= 4 is 23.2 Å². The molecule has 3 nitrogen and oxygen atoms in total. The number of nitrogens with one attached hydrogen (secondary N) is 1. The van der Waals surface area contributed by atoms with Crippen molar-refractivity contribution in [2.45, 2.75) is 33.7 Å². The highest BCUT2D eigenvalue weighted by molar-refractivity contribution is 6.37. The monoisotopic (exact) mass is 332 g/mol. The van der Waals surface area contributed by atoms with Gasteiger partial charge in [0.1, 0.15) is 0 Å². The zero-order valence-electron chi connectivity index (χ0n) is 13.2. The van der Waals surface area contributed by atoms with Gasteiger partial charge in [-0.3, -0.25) is 0 Å². The molecule has 0 amide bonds. The second kappa shape index (κ2) is 10.3. The fourth-order valence-electron chi connectivity index (χ4n) is 2.07. The van der Waals surface area contributed by atoms with Crippen molar-refractivity contribution in [3.05, 3.63) is 27.7 Å². The lowest BCUT2D eigenvalue weighted by atomic mass is 10.2. The quantitative estimate of drug-likeness (QED) is 0.649. The number of ether oxygens (including phenoxy) is 1. The summed E-state index contributed by atoms with van der Waals surface area (Å²) in [6.07, 6.45) is 0.932. The molecule has 0 aliphatic rings. The van der Waals surface area contributed by atoms with Gasteiger partial charge in [0, 0.05) is 19.6 Å². The second-order valence-electron chi connectivity index (χ2n) is 4.94.